The molecule has 0 bridgehead atoms. The van der Waals surface area contributed by atoms with Crippen LogP contribution in [-0.4, -0.2) is 0 Å². The molecule has 10 heavy (non-hydrogen) atoms. The average Bonchev–Trinajstić information content (AvgIpc) is 2.11. The van der Waals surface area contributed by atoms with Gasteiger partial charge < -0.3 is 5.73 Å². The van der Waals surface area contributed by atoms with E-state index in [1.54, 1.807) is 6.92 Å². The molecular weight excluding hydrogens is 146 g/mol. The molecule has 0 aliphatic rings. The van der Waals surface area contributed by atoms with Gasteiger partial charge in [0.2, 0.25) is 0 Å². The van der Waals surface area contributed by atoms with Crippen molar-refractivity contribution in [2.45, 2.75) is 13.0 Å². The fourth-order valence-corrected chi connectivity index (χ4v) is 0.487. The summed E-state index contributed by atoms with van der Waals surface area (Å²) in [4.78, 5) is 0. The van der Waals surface area contributed by atoms with Gasteiger partial charge in [0.1, 0.15) is 0 Å². The summed E-state index contributed by atoms with van der Waals surface area (Å²) in [6, 6.07) is -2.05. The largest absolute Gasteiger partial charge is 0.324 e. The molecule has 0 aromatic heterocycles. The second kappa shape index (κ2) is 4.31. The van der Waals surface area contributed by atoms with Crippen LogP contribution in [0.4, 0.5) is 0 Å². The van der Waals surface area contributed by atoms with E-state index in [-0.39, 0.29) is 48.2 Å². The minimum atomic E-state index is -0.566. The van der Waals surface area contributed by atoms with Gasteiger partial charge in [-0.2, -0.15) is 0 Å². The van der Waals surface area contributed by atoms with Crippen LogP contribution >= 0.6 is 12.4 Å². The molecule has 0 spiro atoms. The van der Waals surface area contributed by atoms with Crippen molar-refractivity contribution in [1.29, 1.82) is 0 Å². The summed E-state index contributed by atoms with van der Waals surface area (Å²) in [5, 5.41) is 0. The first kappa shape index (κ1) is 3.74. The molecule has 56 valence electrons. The van der Waals surface area contributed by atoms with Gasteiger partial charge in [0.05, 0.1) is 6.85 Å². The maximum absolute atomic E-state index is 7.51. The van der Waals surface area contributed by atoms with E-state index in [9.17, 15) is 0 Å². The van der Waals surface area contributed by atoms with Crippen LogP contribution in [0.3, 0.4) is 0 Å². The number of benzene rings is 1. The van der Waals surface area contributed by atoms with Crippen LogP contribution in [0.2, 0.25) is 0 Å². The van der Waals surface area contributed by atoms with E-state index >= 15 is 0 Å². The van der Waals surface area contributed by atoms with Crippen LogP contribution in [0.25, 0.3) is 0 Å². The van der Waals surface area contributed by atoms with Gasteiger partial charge in [0, 0.05) is 6.04 Å². The normalized spacial score (nSPS) is 18.8. The molecule has 0 radical (unpaired) electrons. The highest BCUT2D eigenvalue weighted by Gasteiger charge is 1.93. The minimum Gasteiger partial charge on any atom is -0.324 e. The van der Waals surface area contributed by atoms with Crippen molar-refractivity contribution in [1.82, 2.24) is 0 Å². The molecule has 2 heteroatoms. The Labute approximate surface area is 74.7 Å². The van der Waals surface area contributed by atoms with Crippen molar-refractivity contribution < 1.29 is 6.85 Å². The molecule has 1 aromatic carbocycles. The fourth-order valence-electron chi connectivity index (χ4n) is 0.487. The summed E-state index contributed by atoms with van der Waals surface area (Å²) < 4.78 is 37.1. The zero-order valence-electron chi connectivity index (χ0n) is 10.6. The van der Waals surface area contributed by atoms with E-state index in [0.717, 1.165) is 0 Å². The third-order valence-corrected chi connectivity index (χ3v) is 0.975. The predicted molar refractivity (Wildman–Crippen MR) is 46.3 cm³/mol. The Kier molecular flexibility index (Phi) is 1.61. The van der Waals surface area contributed by atoms with Gasteiger partial charge >= 0.3 is 0 Å². The number of rotatable bonds is 1. The number of halogens is 1. The summed E-state index contributed by atoms with van der Waals surface area (Å²) in [5.41, 5.74) is 5.70. The molecular formula is C8H12ClN. The monoisotopic (exact) mass is 162 g/mol. The standard InChI is InChI=1S/C8H11N.ClH/c1-7(9)8-5-3-2-4-6-8;/h2-7H,9H2,1H3;1H/t7-;/m1./s1/i2D,3D,4D,5D,6D;. The zero-order valence-corrected chi connectivity index (χ0v) is 6.38. The highest BCUT2D eigenvalue weighted by atomic mass is 35.5. The summed E-state index contributed by atoms with van der Waals surface area (Å²) in [7, 11) is 0. The lowest BCUT2D eigenvalue weighted by molar-refractivity contribution is 0.818. The summed E-state index contributed by atoms with van der Waals surface area (Å²) >= 11 is 0. The lowest BCUT2D eigenvalue weighted by atomic mass is 10.1. The molecule has 0 unspecified atom stereocenters. The SMILES string of the molecule is Cl.[2H]c1c([2H])c([2H])c([C@@H](C)N)c([2H])c1[2H]. The van der Waals surface area contributed by atoms with Crippen LogP contribution in [0.1, 0.15) is 25.4 Å². The second-order valence-corrected chi connectivity index (χ2v) is 1.83. The van der Waals surface area contributed by atoms with Gasteiger partial charge in [0.25, 0.3) is 0 Å². The maximum atomic E-state index is 7.51. The first-order valence-electron chi connectivity index (χ1n) is 5.20. The molecule has 0 aliphatic carbocycles. The van der Waals surface area contributed by atoms with Crippen molar-refractivity contribution in [3.8, 4) is 0 Å². The van der Waals surface area contributed by atoms with Crippen LogP contribution < -0.4 is 5.73 Å². The summed E-state index contributed by atoms with van der Waals surface area (Å²) in [6.45, 7) is 1.59. The van der Waals surface area contributed by atoms with Crippen LogP contribution in [0.5, 0.6) is 0 Å². The Morgan fingerprint density at radius 1 is 1.40 bits per heavy atom. The molecule has 1 atom stereocenters. The van der Waals surface area contributed by atoms with Crippen molar-refractivity contribution in [3.05, 3.63) is 35.8 Å². The van der Waals surface area contributed by atoms with E-state index in [2.05, 4.69) is 0 Å². The Morgan fingerprint density at radius 3 is 2.30 bits per heavy atom. The lowest BCUT2D eigenvalue weighted by Gasteiger charge is -2.02. The molecule has 2 N–H and O–H groups in total. The minimum absolute atomic E-state index is 0. The smallest absolute Gasteiger partial charge is 0.0626 e. The second-order valence-electron chi connectivity index (χ2n) is 1.83. The Balaban J connectivity index is 0.00000196. The van der Waals surface area contributed by atoms with Crippen molar-refractivity contribution in [3.63, 3.8) is 0 Å². The third-order valence-electron chi connectivity index (χ3n) is 0.975. The first-order chi connectivity index (χ1) is 6.37. The molecule has 1 nitrogen and oxygen atoms in total. The molecule has 0 amide bonds. The van der Waals surface area contributed by atoms with E-state index in [1.165, 1.54) is 0 Å². The van der Waals surface area contributed by atoms with Gasteiger partial charge in [-0.1, -0.05) is 30.2 Å². The predicted octanol–water partition coefficient (Wildman–Crippen LogP) is 2.13. The average molecular weight is 163 g/mol. The third kappa shape index (κ3) is 2.38. The molecule has 0 fully saturated rings. The molecule has 0 saturated heterocycles. The topological polar surface area (TPSA) is 26.0 Å². The Morgan fingerprint density at radius 2 is 1.90 bits per heavy atom. The molecule has 1 rings (SSSR count). The number of nitrogens with two attached hydrogens (primary N) is 1. The Hall–Kier alpha value is -0.530. The van der Waals surface area contributed by atoms with Crippen molar-refractivity contribution >= 4 is 12.4 Å². The Bertz CT molecular complexity index is 351. The fraction of sp³-hybridized carbons (Fsp3) is 0.250. The van der Waals surface area contributed by atoms with Gasteiger partial charge in [-0.25, -0.2) is 0 Å². The van der Waals surface area contributed by atoms with Crippen LogP contribution in [-0.2, 0) is 0 Å². The molecule has 1 aromatic rings. The molecule has 0 heterocycles. The van der Waals surface area contributed by atoms with Gasteiger partial charge in [0.15, 0.2) is 0 Å². The maximum Gasteiger partial charge on any atom is 0.0626 e. The van der Waals surface area contributed by atoms with Gasteiger partial charge in [-0.3, -0.25) is 0 Å². The van der Waals surface area contributed by atoms with E-state index in [4.69, 9.17) is 12.6 Å². The molecule has 0 saturated carbocycles. The molecule has 0 aliphatic heterocycles. The van der Waals surface area contributed by atoms with Crippen molar-refractivity contribution in [2.75, 3.05) is 0 Å². The van der Waals surface area contributed by atoms with Crippen LogP contribution in [0, 0.1) is 0 Å². The number of hydrogen-bond donors (Lipinski definition) is 1. The lowest BCUT2D eigenvalue weighted by Crippen LogP contribution is -2.03. The van der Waals surface area contributed by atoms with E-state index in [0.29, 0.717) is 0 Å². The number of hydrogen-bond acceptors (Lipinski definition) is 1. The zero-order chi connectivity index (χ0) is 11.0. The van der Waals surface area contributed by atoms with E-state index < -0.39 is 6.04 Å². The summed E-state index contributed by atoms with van der Waals surface area (Å²) in [6.07, 6.45) is 0. The van der Waals surface area contributed by atoms with E-state index in [1.807, 2.05) is 0 Å². The summed E-state index contributed by atoms with van der Waals surface area (Å²) in [5.74, 6) is 0. The van der Waals surface area contributed by atoms with Crippen molar-refractivity contribution in [2.24, 2.45) is 5.73 Å². The first-order valence-corrected chi connectivity index (χ1v) is 2.70. The highest BCUT2D eigenvalue weighted by Crippen LogP contribution is 2.06. The highest BCUT2D eigenvalue weighted by molar-refractivity contribution is 5.85. The van der Waals surface area contributed by atoms with Gasteiger partial charge in [-0.15, -0.1) is 12.4 Å². The quantitative estimate of drug-likeness (QED) is 0.673. The van der Waals surface area contributed by atoms with Crippen LogP contribution in [0.15, 0.2) is 30.2 Å². The van der Waals surface area contributed by atoms with Gasteiger partial charge in [-0.05, 0) is 12.5 Å².